The van der Waals surface area contributed by atoms with E-state index < -0.39 is 33.3 Å². The van der Waals surface area contributed by atoms with Crippen LogP contribution in [0.1, 0.15) is 25.7 Å². The Labute approximate surface area is 139 Å². The number of nitrogens with one attached hydrogen (secondary N) is 1. The highest BCUT2D eigenvalue weighted by Crippen LogP contribution is 2.35. The first-order valence-electron chi connectivity index (χ1n) is 7.44. The van der Waals surface area contributed by atoms with E-state index in [2.05, 4.69) is 5.32 Å². The molecule has 1 amide bonds. The lowest BCUT2D eigenvalue weighted by atomic mass is 10.2. The number of nitrogens with zero attached hydrogens (tertiary/aromatic N) is 1. The summed E-state index contributed by atoms with van der Waals surface area (Å²) in [4.78, 5) is 22.7. The number of carbonyl (C=O) groups is 2. The van der Waals surface area contributed by atoms with E-state index in [0.717, 1.165) is 16.4 Å². The molecule has 9 heteroatoms. The molecule has 0 saturated heterocycles. The number of aliphatic carboxylic acids is 1. The van der Waals surface area contributed by atoms with Crippen LogP contribution in [0.4, 0.5) is 4.39 Å². The lowest BCUT2D eigenvalue weighted by Crippen LogP contribution is -2.43. The van der Waals surface area contributed by atoms with Crippen molar-refractivity contribution in [2.75, 3.05) is 13.6 Å². The Morgan fingerprint density at radius 3 is 2.38 bits per heavy atom. The van der Waals surface area contributed by atoms with Crippen LogP contribution in [-0.4, -0.2) is 48.8 Å². The molecule has 1 saturated carbocycles. The topological polar surface area (TPSA) is 104 Å². The van der Waals surface area contributed by atoms with Crippen LogP contribution >= 0.6 is 0 Å². The molecule has 1 aliphatic carbocycles. The van der Waals surface area contributed by atoms with Crippen LogP contribution in [-0.2, 0) is 19.6 Å². The Morgan fingerprint density at radius 2 is 1.88 bits per heavy atom. The second-order valence-corrected chi connectivity index (χ2v) is 7.86. The molecule has 132 valence electrons. The summed E-state index contributed by atoms with van der Waals surface area (Å²) < 4.78 is 38.5. The normalized spacial score (nSPS) is 16.0. The molecule has 24 heavy (non-hydrogen) atoms. The fourth-order valence-corrected chi connectivity index (χ4v) is 3.43. The largest absolute Gasteiger partial charge is 0.480 e. The second-order valence-electron chi connectivity index (χ2n) is 5.82. The van der Waals surface area contributed by atoms with Crippen molar-refractivity contribution in [3.63, 3.8) is 0 Å². The van der Waals surface area contributed by atoms with E-state index in [9.17, 15) is 22.4 Å². The van der Waals surface area contributed by atoms with Gasteiger partial charge in [-0.05, 0) is 43.5 Å². The lowest BCUT2D eigenvalue weighted by Gasteiger charge is -2.17. The molecule has 1 aromatic rings. The zero-order chi connectivity index (χ0) is 18.0. The summed E-state index contributed by atoms with van der Waals surface area (Å²) in [5, 5.41) is 11.5. The van der Waals surface area contributed by atoms with Crippen molar-refractivity contribution < 1.29 is 27.5 Å². The minimum absolute atomic E-state index is 0.0261. The highest BCUT2D eigenvalue weighted by molar-refractivity contribution is 7.89. The number of rotatable bonds is 8. The van der Waals surface area contributed by atoms with E-state index in [1.54, 1.807) is 0 Å². The summed E-state index contributed by atoms with van der Waals surface area (Å²) in [6.45, 7) is 0.0905. The summed E-state index contributed by atoms with van der Waals surface area (Å²) in [6, 6.07) is 4.49. The van der Waals surface area contributed by atoms with Crippen LogP contribution in [0.2, 0.25) is 0 Å². The summed E-state index contributed by atoms with van der Waals surface area (Å²) in [6.07, 6.45) is 1.09. The first-order valence-corrected chi connectivity index (χ1v) is 8.88. The van der Waals surface area contributed by atoms with Gasteiger partial charge >= 0.3 is 5.97 Å². The molecule has 0 bridgehead atoms. The molecule has 7 nitrogen and oxygen atoms in total. The molecule has 0 heterocycles. The van der Waals surface area contributed by atoms with Gasteiger partial charge in [-0.3, -0.25) is 4.79 Å². The minimum atomic E-state index is -3.75. The molecule has 0 unspecified atom stereocenters. The van der Waals surface area contributed by atoms with Crippen LogP contribution in [0.25, 0.3) is 0 Å². The van der Waals surface area contributed by atoms with Gasteiger partial charge in [0.2, 0.25) is 15.9 Å². The van der Waals surface area contributed by atoms with Gasteiger partial charge in [-0.2, -0.15) is 0 Å². The van der Waals surface area contributed by atoms with Crippen molar-refractivity contribution in [3.05, 3.63) is 30.1 Å². The second kappa shape index (κ2) is 6.86. The number of carbonyl (C=O) groups excluding carboxylic acids is 1. The summed E-state index contributed by atoms with van der Waals surface area (Å²) in [7, 11) is -2.38. The van der Waals surface area contributed by atoms with E-state index in [0.29, 0.717) is 12.8 Å². The Kier molecular flexibility index (Phi) is 5.24. The summed E-state index contributed by atoms with van der Waals surface area (Å²) in [5.74, 6) is -1.99. The molecular weight excluding hydrogens is 339 g/mol. The Morgan fingerprint density at radius 1 is 1.29 bits per heavy atom. The third-order valence-electron chi connectivity index (χ3n) is 3.94. The SMILES string of the molecule is CN(CCCC(=O)NC1(C(=O)O)CC1)S(=O)(=O)c1ccc(F)cc1. The maximum atomic E-state index is 12.9. The average molecular weight is 358 g/mol. The third kappa shape index (κ3) is 4.09. The Hall–Kier alpha value is -2.00. The minimum Gasteiger partial charge on any atom is -0.480 e. The molecule has 0 radical (unpaired) electrons. The van der Waals surface area contributed by atoms with E-state index in [-0.39, 0.29) is 24.3 Å². The predicted molar refractivity (Wildman–Crippen MR) is 83.2 cm³/mol. The molecular formula is C15H19FN2O5S. The number of halogens is 1. The highest BCUT2D eigenvalue weighted by Gasteiger charge is 2.51. The van der Waals surface area contributed by atoms with Crippen LogP contribution < -0.4 is 5.32 Å². The van der Waals surface area contributed by atoms with Gasteiger partial charge in [0.15, 0.2) is 0 Å². The molecule has 1 fully saturated rings. The lowest BCUT2D eigenvalue weighted by molar-refractivity contribution is -0.143. The first-order chi connectivity index (χ1) is 11.2. The zero-order valence-electron chi connectivity index (χ0n) is 13.2. The van der Waals surface area contributed by atoms with Gasteiger partial charge in [0, 0.05) is 20.0 Å². The van der Waals surface area contributed by atoms with Gasteiger partial charge in [-0.15, -0.1) is 0 Å². The number of hydrogen-bond donors (Lipinski definition) is 2. The van der Waals surface area contributed by atoms with E-state index in [1.807, 2.05) is 0 Å². The van der Waals surface area contributed by atoms with Gasteiger partial charge < -0.3 is 10.4 Å². The van der Waals surface area contributed by atoms with Crippen LogP contribution in [0.5, 0.6) is 0 Å². The Balaban J connectivity index is 1.84. The Bertz CT molecular complexity index is 729. The van der Waals surface area contributed by atoms with Crippen LogP contribution in [0, 0.1) is 5.82 Å². The first kappa shape index (κ1) is 18.3. The molecule has 0 aromatic heterocycles. The molecule has 1 aromatic carbocycles. The molecule has 2 rings (SSSR count). The molecule has 0 atom stereocenters. The maximum Gasteiger partial charge on any atom is 0.329 e. The van der Waals surface area contributed by atoms with Crippen molar-refractivity contribution >= 4 is 21.9 Å². The van der Waals surface area contributed by atoms with E-state index in [4.69, 9.17) is 5.11 Å². The predicted octanol–water partition coefficient (Wildman–Crippen LogP) is 0.960. The number of amides is 1. The quantitative estimate of drug-likeness (QED) is 0.720. The fourth-order valence-electron chi connectivity index (χ4n) is 2.22. The monoisotopic (exact) mass is 358 g/mol. The molecule has 0 aliphatic heterocycles. The maximum absolute atomic E-state index is 12.9. The third-order valence-corrected chi connectivity index (χ3v) is 5.81. The summed E-state index contributed by atoms with van der Waals surface area (Å²) >= 11 is 0. The van der Waals surface area contributed by atoms with Gasteiger partial charge in [0.05, 0.1) is 4.90 Å². The zero-order valence-corrected chi connectivity index (χ0v) is 14.0. The number of carboxylic acids is 1. The standard InChI is InChI=1S/C15H19FN2O5S/c1-18(24(22,23)12-6-4-11(16)5-7-12)10-2-3-13(19)17-15(8-9-15)14(20)21/h4-7H,2-3,8-10H2,1H3,(H,17,19)(H,20,21). The van der Waals surface area contributed by atoms with Gasteiger partial charge in [0.1, 0.15) is 11.4 Å². The summed E-state index contributed by atoms with van der Waals surface area (Å²) in [5.41, 5.74) is -1.14. The van der Waals surface area contributed by atoms with Gasteiger partial charge in [-0.25, -0.2) is 21.9 Å². The van der Waals surface area contributed by atoms with Crippen LogP contribution in [0.3, 0.4) is 0 Å². The van der Waals surface area contributed by atoms with E-state index in [1.165, 1.54) is 19.2 Å². The number of hydrogen-bond acceptors (Lipinski definition) is 4. The molecule has 0 spiro atoms. The highest BCUT2D eigenvalue weighted by atomic mass is 32.2. The molecule has 1 aliphatic rings. The van der Waals surface area contributed by atoms with Crippen molar-refractivity contribution in [3.8, 4) is 0 Å². The number of carboxylic acid groups (broad SMARTS) is 1. The van der Waals surface area contributed by atoms with Crippen molar-refractivity contribution in [2.24, 2.45) is 0 Å². The average Bonchev–Trinajstić information content (AvgIpc) is 3.28. The van der Waals surface area contributed by atoms with Crippen molar-refractivity contribution in [1.29, 1.82) is 0 Å². The number of benzene rings is 1. The van der Waals surface area contributed by atoms with Gasteiger partial charge in [0.25, 0.3) is 0 Å². The van der Waals surface area contributed by atoms with Crippen molar-refractivity contribution in [1.82, 2.24) is 9.62 Å². The molecule has 2 N–H and O–H groups in total. The smallest absolute Gasteiger partial charge is 0.329 e. The van der Waals surface area contributed by atoms with Crippen molar-refractivity contribution in [2.45, 2.75) is 36.1 Å². The van der Waals surface area contributed by atoms with Crippen LogP contribution in [0.15, 0.2) is 29.2 Å². The van der Waals surface area contributed by atoms with E-state index >= 15 is 0 Å². The fraction of sp³-hybridized carbons (Fsp3) is 0.467. The van der Waals surface area contributed by atoms with Gasteiger partial charge in [-0.1, -0.05) is 0 Å². The number of sulfonamides is 1.